The van der Waals surface area contributed by atoms with Crippen LogP contribution in [0.1, 0.15) is 53.7 Å². The van der Waals surface area contributed by atoms with E-state index in [2.05, 4.69) is 20.3 Å². The number of amides is 2. The fraction of sp³-hybridized carbons (Fsp3) is 0.458. The first kappa shape index (κ1) is 22.9. The maximum Gasteiger partial charge on any atom is 0.255 e. The molecule has 8 nitrogen and oxygen atoms in total. The molecule has 0 aromatic carbocycles. The summed E-state index contributed by atoms with van der Waals surface area (Å²) in [6, 6.07) is 4.24. The van der Waals surface area contributed by atoms with E-state index >= 15 is 0 Å². The zero-order valence-corrected chi connectivity index (χ0v) is 21.4. The van der Waals surface area contributed by atoms with E-state index in [1.807, 2.05) is 48.2 Å². The van der Waals surface area contributed by atoms with Crippen molar-refractivity contribution in [2.75, 3.05) is 12.4 Å². The first-order valence-corrected chi connectivity index (χ1v) is 13.2. The number of carbonyl (C=O) groups excluding carboxylic acids is 2. The van der Waals surface area contributed by atoms with Crippen LogP contribution in [0.3, 0.4) is 0 Å². The van der Waals surface area contributed by atoms with Crippen LogP contribution in [0, 0.1) is 13.8 Å². The molecule has 0 radical (unpaired) electrons. The summed E-state index contributed by atoms with van der Waals surface area (Å²) in [5, 5.41) is 7.04. The van der Waals surface area contributed by atoms with Crippen molar-refractivity contribution < 1.29 is 9.59 Å². The van der Waals surface area contributed by atoms with E-state index in [1.165, 1.54) is 11.3 Å². The van der Waals surface area contributed by atoms with Gasteiger partial charge in [0, 0.05) is 43.7 Å². The van der Waals surface area contributed by atoms with Crippen molar-refractivity contribution in [3.63, 3.8) is 0 Å². The number of nitrogens with zero attached hydrogens (tertiary/aromatic N) is 5. The third kappa shape index (κ3) is 4.32. The summed E-state index contributed by atoms with van der Waals surface area (Å²) in [6.07, 6.45) is 5.32. The molecule has 34 heavy (non-hydrogen) atoms. The number of rotatable bonds is 5. The minimum Gasteiger partial charge on any atom is -0.343 e. The van der Waals surface area contributed by atoms with Crippen LogP contribution >= 0.6 is 22.7 Å². The lowest BCUT2D eigenvalue weighted by atomic mass is 9.95. The van der Waals surface area contributed by atoms with Gasteiger partial charge in [-0.25, -0.2) is 15.0 Å². The molecule has 178 valence electrons. The zero-order valence-electron chi connectivity index (χ0n) is 19.7. The van der Waals surface area contributed by atoms with E-state index in [-0.39, 0.29) is 29.9 Å². The minimum absolute atomic E-state index is 0.0306. The second-order valence-electron chi connectivity index (χ2n) is 9.10. The highest BCUT2D eigenvalue weighted by Crippen LogP contribution is 2.38. The van der Waals surface area contributed by atoms with Crippen molar-refractivity contribution in [3.8, 4) is 10.6 Å². The van der Waals surface area contributed by atoms with E-state index in [4.69, 9.17) is 0 Å². The van der Waals surface area contributed by atoms with Crippen LogP contribution in [0.25, 0.3) is 10.6 Å². The molecular formula is C24H28N6O2S2. The summed E-state index contributed by atoms with van der Waals surface area (Å²) in [7, 11) is 1.87. The van der Waals surface area contributed by atoms with Gasteiger partial charge in [0.15, 0.2) is 5.13 Å². The number of piperidine rings is 1. The molecule has 1 N–H and O–H groups in total. The van der Waals surface area contributed by atoms with Gasteiger partial charge < -0.3 is 15.1 Å². The van der Waals surface area contributed by atoms with E-state index < -0.39 is 0 Å². The Morgan fingerprint density at radius 2 is 1.88 bits per heavy atom. The van der Waals surface area contributed by atoms with Gasteiger partial charge in [0.1, 0.15) is 5.82 Å². The number of nitrogens with one attached hydrogen (secondary N) is 1. The molecule has 10 heteroatoms. The standard InChI is InChI=1S/C24H28N6O2S2/c1-13-22(34-14(2)26-13)20-12-33-24(27-20)28-21-8-5-16(11-25-21)23(32)30-17-6-7-18(30)10-19(9-17)29(4)15(3)31/h5,8,11-12,17-19H,6-7,9-10H2,1-4H3,(H,25,27,28)/t17-,18?,19?/m0/s1. The molecule has 2 aliphatic heterocycles. The van der Waals surface area contributed by atoms with Crippen LogP contribution in [0.15, 0.2) is 23.7 Å². The summed E-state index contributed by atoms with van der Waals surface area (Å²) in [5.41, 5.74) is 2.50. The summed E-state index contributed by atoms with van der Waals surface area (Å²) in [4.78, 5) is 43.7. The molecule has 2 saturated heterocycles. The van der Waals surface area contributed by atoms with Crippen molar-refractivity contribution in [1.82, 2.24) is 24.8 Å². The maximum absolute atomic E-state index is 13.3. The van der Waals surface area contributed by atoms with Crippen molar-refractivity contribution in [1.29, 1.82) is 0 Å². The molecule has 2 fully saturated rings. The van der Waals surface area contributed by atoms with Crippen LogP contribution in [-0.4, -0.2) is 61.7 Å². The quantitative estimate of drug-likeness (QED) is 0.554. The molecule has 3 aromatic heterocycles. The molecule has 0 saturated carbocycles. The topological polar surface area (TPSA) is 91.3 Å². The molecule has 0 spiro atoms. The SMILES string of the molecule is CC(=O)N(C)C1CC2CC[C@@H](C1)N2C(=O)c1ccc(Nc2nc(-c3sc(C)nc3C)cs2)nc1. The van der Waals surface area contributed by atoms with E-state index in [0.717, 1.165) is 52.1 Å². The van der Waals surface area contributed by atoms with Gasteiger partial charge in [-0.1, -0.05) is 0 Å². The van der Waals surface area contributed by atoms with E-state index in [9.17, 15) is 9.59 Å². The average molecular weight is 497 g/mol. The van der Waals surface area contributed by atoms with Crippen LogP contribution in [0.2, 0.25) is 0 Å². The Hall–Kier alpha value is -2.85. The van der Waals surface area contributed by atoms with Gasteiger partial charge in [0.05, 0.1) is 26.8 Å². The van der Waals surface area contributed by atoms with Gasteiger partial charge in [0.25, 0.3) is 5.91 Å². The smallest absolute Gasteiger partial charge is 0.255 e. The molecule has 2 bridgehead atoms. The number of carbonyl (C=O) groups is 2. The number of fused-ring (bicyclic) bond motifs is 2. The minimum atomic E-state index is 0.0306. The predicted molar refractivity (Wildman–Crippen MR) is 135 cm³/mol. The molecule has 5 rings (SSSR count). The second-order valence-corrected chi connectivity index (χ2v) is 11.2. The van der Waals surface area contributed by atoms with Gasteiger partial charge >= 0.3 is 0 Å². The largest absolute Gasteiger partial charge is 0.343 e. The van der Waals surface area contributed by atoms with Gasteiger partial charge in [-0.15, -0.1) is 22.7 Å². The molecule has 0 aliphatic carbocycles. The normalized spacial score (nSPS) is 21.5. The van der Waals surface area contributed by atoms with Crippen LogP contribution in [0.4, 0.5) is 10.9 Å². The van der Waals surface area contributed by atoms with Crippen molar-refractivity contribution in [3.05, 3.63) is 40.0 Å². The summed E-state index contributed by atoms with van der Waals surface area (Å²) < 4.78 is 0. The number of hydrogen-bond acceptors (Lipinski definition) is 8. The third-order valence-electron chi connectivity index (χ3n) is 6.87. The van der Waals surface area contributed by atoms with E-state index in [0.29, 0.717) is 11.4 Å². The Bertz CT molecular complexity index is 1210. The highest BCUT2D eigenvalue weighted by atomic mass is 32.1. The lowest BCUT2D eigenvalue weighted by molar-refractivity contribution is -0.130. The Morgan fingerprint density at radius 3 is 2.47 bits per heavy atom. The number of aryl methyl sites for hydroxylation is 2. The molecular weight excluding hydrogens is 468 g/mol. The van der Waals surface area contributed by atoms with Gasteiger partial charge in [-0.05, 0) is 51.7 Å². The van der Waals surface area contributed by atoms with Gasteiger partial charge in [-0.3, -0.25) is 9.59 Å². The maximum atomic E-state index is 13.3. The Kier molecular flexibility index (Phi) is 6.11. The van der Waals surface area contributed by atoms with Crippen molar-refractivity contribution in [2.45, 2.75) is 64.6 Å². The Labute approximate surface area is 207 Å². The zero-order chi connectivity index (χ0) is 24.0. The average Bonchev–Trinajstić information content (AvgIpc) is 3.48. The molecule has 2 unspecified atom stereocenters. The summed E-state index contributed by atoms with van der Waals surface area (Å²) in [5.74, 6) is 0.767. The Morgan fingerprint density at radius 1 is 1.15 bits per heavy atom. The monoisotopic (exact) mass is 496 g/mol. The lowest BCUT2D eigenvalue weighted by Gasteiger charge is -2.42. The number of thiazole rings is 2. The molecule has 2 aliphatic rings. The number of anilines is 2. The Balaban J connectivity index is 1.25. The second kappa shape index (κ2) is 9.07. The highest BCUT2D eigenvalue weighted by molar-refractivity contribution is 7.16. The predicted octanol–water partition coefficient (Wildman–Crippen LogP) is 4.64. The number of aromatic nitrogens is 3. The van der Waals surface area contributed by atoms with E-state index in [1.54, 1.807) is 24.5 Å². The summed E-state index contributed by atoms with van der Waals surface area (Å²) >= 11 is 3.16. The van der Waals surface area contributed by atoms with Crippen LogP contribution < -0.4 is 5.32 Å². The highest BCUT2D eigenvalue weighted by Gasteiger charge is 2.44. The van der Waals surface area contributed by atoms with Crippen molar-refractivity contribution >= 4 is 45.4 Å². The first-order chi connectivity index (χ1) is 16.3. The lowest BCUT2D eigenvalue weighted by Crippen LogP contribution is -2.52. The fourth-order valence-electron chi connectivity index (χ4n) is 5.11. The molecule has 3 atom stereocenters. The van der Waals surface area contributed by atoms with Gasteiger partial charge in [0.2, 0.25) is 5.91 Å². The van der Waals surface area contributed by atoms with Crippen LogP contribution in [0.5, 0.6) is 0 Å². The molecule has 3 aromatic rings. The van der Waals surface area contributed by atoms with Crippen LogP contribution in [-0.2, 0) is 4.79 Å². The molecule has 2 amide bonds. The summed E-state index contributed by atoms with van der Waals surface area (Å²) in [6.45, 7) is 5.60. The number of pyridine rings is 1. The first-order valence-electron chi connectivity index (χ1n) is 11.5. The molecule has 5 heterocycles. The van der Waals surface area contributed by atoms with Crippen molar-refractivity contribution in [2.24, 2.45) is 0 Å². The van der Waals surface area contributed by atoms with Gasteiger partial charge in [-0.2, -0.15) is 0 Å². The fourth-order valence-corrected chi connectivity index (χ4v) is 6.77. The number of hydrogen-bond donors (Lipinski definition) is 1. The third-order valence-corrected chi connectivity index (χ3v) is 8.73.